The summed E-state index contributed by atoms with van der Waals surface area (Å²) >= 11 is 3.76. The first-order chi connectivity index (χ1) is 7.77. The highest BCUT2D eigenvalue weighted by Gasteiger charge is 2.08. The predicted molar refractivity (Wildman–Crippen MR) is 73.0 cm³/mol. The Hall–Kier alpha value is -1.08. The van der Waals surface area contributed by atoms with Crippen LogP contribution in [0.4, 0.5) is 0 Å². The Morgan fingerprint density at radius 1 is 0.938 bits per heavy atom. The molecule has 0 aliphatic heterocycles. The van der Waals surface area contributed by atoms with Gasteiger partial charge in [0, 0.05) is 4.83 Å². The van der Waals surface area contributed by atoms with Crippen molar-refractivity contribution in [3.05, 3.63) is 71.3 Å². The molecule has 0 spiro atoms. The number of hydrogen-bond donors (Lipinski definition) is 0. The first kappa shape index (κ1) is 11.4. The van der Waals surface area contributed by atoms with E-state index in [1.165, 1.54) is 16.7 Å². The largest absolute Gasteiger partial charge is 0.0835 e. The van der Waals surface area contributed by atoms with Crippen molar-refractivity contribution < 1.29 is 0 Å². The molecule has 16 heavy (non-hydrogen) atoms. The molecular formula is C15H15Br. The smallest absolute Gasteiger partial charge is 0.0435 e. The van der Waals surface area contributed by atoms with Gasteiger partial charge in [-0.15, -0.1) is 0 Å². The van der Waals surface area contributed by atoms with E-state index < -0.39 is 0 Å². The summed E-state index contributed by atoms with van der Waals surface area (Å²) in [6.07, 6.45) is 1.04. The molecule has 0 amide bonds. The Morgan fingerprint density at radius 3 is 2.25 bits per heavy atom. The van der Waals surface area contributed by atoms with Crippen LogP contribution in [0.1, 0.15) is 21.5 Å². The Morgan fingerprint density at radius 2 is 1.56 bits per heavy atom. The van der Waals surface area contributed by atoms with Gasteiger partial charge in [0.2, 0.25) is 0 Å². The molecule has 0 aliphatic rings. The van der Waals surface area contributed by atoms with Gasteiger partial charge >= 0.3 is 0 Å². The van der Waals surface area contributed by atoms with Crippen LogP contribution in [-0.2, 0) is 6.42 Å². The molecule has 0 nitrogen and oxygen atoms in total. The lowest BCUT2D eigenvalue weighted by atomic mass is 10.0. The van der Waals surface area contributed by atoms with Gasteiger partial charge in [0.15, 0.2) is 0 Å². The van der Waals surface area contributed by atoms with Crippen LogP contribution < -0.4 is 0 Å². The second-order valence-corrected chi connectivity index (χ2v) is 5.11. The van der Waals surface area contributed by atoms with Gasteiger partial charge in [-0.25, -0.2) is 0 Å². The molecule has 0 bridgehead atoms. The molecule has 0 fully saturated rings. The third kappa shape index (κ3) is 2.73. The van der Waals surface area contributed by atoms with E-state index in [-0.39, 0.29) is 0 Å². The Labute approximate surface area is 105 Å². The van der Waals surface area contributed by atoms with E-state index in [9.17, 15) is 0 Å². The molecule has 2 aromatic carbocycles. The van der Waals surface area contributed by atoms with Gasteiger partial charge in [0.25, 0.3) is 0 Å². The van der Waals surface area contributed by atoms with Gasteiger partial charge in [-0.05, 0) is 30.0 Å². The molecule has 2 aromatic rings. The van der Waals surface area contributed by atoms with Crippen molar-refractivity contribution in [2.75, 3.05) is 0 Å². The zero-order valence-corrected chi connectivity index (χ0v) is 10.9. The lowest BCUT2D eigenvalue weighted by Gasteiger charge is -2.12. The minimum Gasteiger partial charge on any atom is -0.0835 e. The molecule has 0 aliphatic carbocycles. The summed E-state index contributed by atoms with van der Waals surface area (Å²) in [6.45, 7) is 2.17. The second-order valence-electron chi connectivity index (χ2n) is 4.01. The Bertz CT molecular complexity index is 448. The number of halogens is 1. The molecule has 1 unspecified atom stereocenters. The number of aryl methyl sites for hydroxylation is 1. The van der Waals surface area contributed by atoms with E-state index in [0.717, 1.165) is 6.42 Å². The molecule has 2 rings (SSSR count). The second kappa shape index (κ2) is 5.31. The first-order valence-electron chi connectivity index (χ1n) is 5.51. The van der Waals surface area contributed by atoms with E-state index in [4.69, 9.17) is 0 Å². The van der Waals surface area contributed by atoms with Gasteiger partial charge in [-0.3, -0.25) is 0 Å². The molecule has 0 saturated carbocycles. The van der Waals surface area contributed by atoms with Crippen LogP contribution in [0.3, 0.4) is 0 Å². The zero-order chi connectivity index (χ0) is 11.4. The molecule has 0 saturated heterocycles. The van der Waals surface area contributed by atoms with E-state index >= 15 is 0 Å². The van der Waals surface area contributed by atoms with Crippen LogP contribution in [0.25, 0.3) is 0 Å². The molecule has 0 heterocycles. The summed E-state index contributed by atoms with van der Waals surface area (Å²) < 4.78 is 0. The van der Waals surface area contributed by atoms with E-state index in [2.05, 4.69) is 77.5 Å². The van der Waals surface area contributed by atoms with Crippen LogP contribution in [0.15, 0.2) is 54.6 Å². The molecule has 0 N–H and O–H groups in total. The SMILES string of the molecule is Cc1ccccc1CC(Br)c1ccccc1. The maximum Gasteiger partial charge on any atom is 0.0435 e. The average molecular weight is 275 g/mol. The summed E-state index contributed by atoms with van der Waals surface area (Å²) in [4.78, 5) is 0.398. The van der Waals surface area contributed by atoms with Crippen LogP contribution >= 0.6 is 15.9 Å². The summed E-state index contributed by atoms with van der Waals surface area (Å²) in [7, 11) is 0. The van der Waals surface area contributed by atoms with Gasteiger partial charge in [0.05, 0.1) is 0 Å². The van der Waals surface area contributed by atoms with Gasteiger partial charge in [0.1, 0.15) is 0 Å². The summed E-state index contributed by atoms with van der Waals surface area (Å²) in [5.74, 6) is 0. The zero-order valence-electron chi connectivity index (χ0n) is 9.36. The van der Waals surface area contributed by atoms with Crippen molar-refractivity contribution in [3.63, 3.8) is 0 Å². The quantitative estimate of drug-likeness (QED) is 0.714. The fourth-order valence-electron chi connectivity index (χ4n) is 1.81. The summed E-state index contributed by atoms with van der Waals surface area (Å²) in [5, 5.41) is 0. The van der Waals surface area contributed by atoms with Crippen molar-refractivity contribution in [1.82, 2.24) is 0 Å². The summed E-state index contributed by atoms with van der Waals surface area (Å²) in [6, 6.07) is 19.1. The third-order valence-electron chi connectivity index (χ3n) is 2.82. The summed E-state index contributed by atoms with van der Waals surface area (Å²) in [5.41, 5.74) is 4.11. The highest BCUT2D eigenvalue weighted by molar-refractivity contribution is 9.09. The van der Waals surface area contributed by atoms with Crippen LogP contribution in [0.5, 0.6) is 0 Å². The normalized spacial score (nSPS) is 12.4. The standard InChI is InChI=1S/C15H15Br/c1-12-7-5-6-10-14(12)11-15(16)13-8-3-2-4-9-13/h2-10,15H,11H2,1H3. The van der Waals surface area contributed by atoms with Gasteiger partial charge in [-0.1, -0.05) is 70.5 Å². The van der Waals surface area contributed by atoms with Crippen molar-refractivity contribution in [1.29, 1.82) is 0 Å². The number of benzene rings is 2. The lowest BCUT2D eigenvalue weighted by Crippen LogP contribution is -1.97. The minimum atomic E-state index is 0.398. The lowest BCUT2D eigenvalue weighted by molar-refractivity contribution is 0.939. The van der Waals surface area contributed by atoms with Crippen molar-refractivity contribution in [2.45, 2.75) is 18.2 Å². The number of alkyl halides is 1. The fourth-order valence-corrected chi connectivity index (χ4v) is 2.47. The average Bonchev–Trinajstić information content (AvgIpc) is 2.33. The van der Waals surface area contributed by atoms with Crippen LogP contribution in [-0.4, -0.2) is 0 Å². The van der Waals surface area contributed by atoms with E-state index in [1.807, 2.05) is 0 Å². The molecule has 82 valence electrons. The molecule has 1 atom stereocenters. The topological polar surface area (TPSA) is 0 Å². The number of hydrogen-bond acceptors (Lipinski definition) is 0. The van der Waals surface area contributed by atoms with Crippen LogP contribution in [0.2, 0.25) is 0 Å². The maximum absolute atomic E-state index is 3.76. The molecule has 0 aromatic heterocycles. The minimum absolute atomic E-state index is 0.398. The van der Waals surface area contributed by atoms with E-state index in [0.29, 0.717) is 4.83 Å². The van der Waals surface area contributed by atoms with E-state index in [1.54, 1.807) is 0 Å². The van der Waals surface area contributed by atoms with Crippen molar-refractivity contribution >= 4 is 15.9 Å². The Kier molecular flexibility index (Phi) is 3.79. The Balaban J connectivity index is 2.14. The highest BCUT2D eigenvalue weighted by atomic mass is 79.9. The first-order valence-corrected chi connectivity index (χ1v) is 6.42. The highest BCUT2D eigenvalue weighted by Crippen LogP contribution is 2.27. The predicted octanol–water partition coefficient (Wildman–Crippen LogP) is 4.67. The van der Waals surface area contributed by atoms with Crippen LogP contribution in [0, 0.1) is 6.92 Å². The van der Waals surface area contributed by atoms with Crippen molar-refractivity contribution in [2.24, 2.45) is 0 Å². The monoisotopic (exact) mass is 274 g/mol. The maximum atomic E-state index is 3.76. The molecular weight excluding hydrogens is 260 g/mol. The van der Waals surface area contributed by atoms with Gasteiger partial charge in [-0.2, -0.15) is 0 Å². The fraction of sp³-hybridized carbons (Fsp3) is 0.200. The number of rotatable bonds is 3. The molecule has 0 radical (unpaired) electrons. The van der Waals surface area contributed by atoms with Crippen molar-refractivity contribution in [3.8, 4) is 0 Å². The van der Waals surface area contributed by atoms with Gasteiger partial charge < -0.3 is 0 Å². The third-order valence-corrected chi connectivity index (χ3v) is 3.67. The molecule has 1 heteroatoms.